The van der Waals surface area contributed by atoms with Crippen molar-refractivity contribution in [2.24, 2.45) is 0 Å². The predicted molar refractivity (Wildman–Crippen MR) is 69.9 cm³/mol. The second-order valence-corrected chi connectivity index (χ2v) is 4.31. The second kappa shape index (κ2) is 4.64. The highest BCUT2D eigenvalue weighted by molar-refractivity contribution is 5.82. The number of hydrogen-bond donors (Lipinski definition) is 1. The van der Waals surface area contributed by atoms with Crippen molar-refractivity contribution in [3.63, 3.8) is 0 Å². The topological polar surface area (TPSA) is 59.3 Å². The first-order valence-electron chi connectivity index (χ1n) is 5.91. The van der Waals surface area contributed by atoms with Gasteiger partial charge in [0.15, 0.2) is 5.43 Å². The third kappa shape index (κ3) is 2.01. The van der Waals surface area contributed by atoms with Crippen LogP contribution in [-0.2, 0) is 11.2 Å². The van der Waals surface area contributed by atoms with E-state index in [2.05, 4.69) is 0 Å². The van der Waals surface area contributed by atoms with E-state index in [4.69, 9.17) is 5.11 Å². The van der Waals surface area contributed by atoms with E-state index in [-0.39, 0.29) is 5.43 Å². The summed E-state index contributed by atoms with van der Waals surface area (Å²) in [5, 5.41) is 9.64. The van der Waals surface area contributed by atoms with E-state index in [1.807, 2.05) is 25.1 Å². The van der Waals surface area contributed by atoms with Crippen molar-refractivity contribution in [3.05, 3.63) is 46.2 Å². The molecule has 0 fully saturated rings. The standard InChI is InChI=1S/C14H15NO3/c1-3-10-4-5-12-11(8-10)13(16)6-7-15(12)9(2)14(17)18/h4-9H,3H2,1-2H3,(H,17,18)/t9-/m1/s1. The molecule has 1 aromatic heterocycles. The minimum atomic E-state index is -0.917. The van der Waals surface area contributed by atoms with Crippen molar-refractivity contribution in [2.75, 3.05) is 0 Å². The summed E-state index contributed by atoms with van der Waals surface area (Å²) in [6, 6.07) is 6.30. The predicted octanol–water partition coefficient (Wildman–Crippen LogP) is 2.21. The van der Waals surface area contributed by atoms with Crippen molar-refractivity contribution >= 4 is 16.9 Å². The van der Waals surface area contributed by atoms with Gasteiger partial charge in [-0.05, 0) is 31.0 Å². The van der Waals surface area contributed by atoms with Crippen LogP contribution in [0.5, 0.6) is 0 Å². The zero-order valence-electron chi connectivity index (χ0n) is 10.4. The first-order chi connectivity index (χ1) is 8.54. The Hall–Kier alpha value is -2.10. The van der Waals surface area contributed by atoms with Crippen LogP contribution in [-0.4, -0.2) is 15.6 Å². The summed E-state index contributed by atoms with van der Waals surface area (Å²) >= 11 is 0. The van der Waals surface area contributed by atoms with Gasteiger partial charge < -0.3 is 9.67 Å². The van der Waals surface area contributed by atoms with E-state index < -0.39 is 12.0 Å². The third-order valence-electron chi connectivity index (χ3n) is 3.17. The fourth-order valence-electron chi connectivity index (χ4n) is 2.00. The van der Waals surface area contributed by atoms with Gasteiger partial charge in [0.1, 0.15) is 6.04 Å². The molecule has 0 aliphatic heterocycles. The summed E-state index contributed by atoms with van der Waals surface area (Å²) in [4.78, 5) is 22.9. The maximum absolute atomic E-state index is 11.8. The number of carbonyl (C=O) groups is 1. The number of aromatic nitrogens is 1. The minimum Gasteiger partial charge on any atom is -0.480 e. The zero-order valence-corrected chi connectivity index (χ0v) is 10.4. The molecule has 1 atom stereocenters. The molecule has 1 aromatic carbocycles. The molecule has 0 saturated carbocycles. The van der Waals surface area contributed by atoms with Crippen LogP contribution < -0.4 is 5.43 Å². The molecular formula is C14H15NO3. The van der Waals surface area contributed by atoms with Crippen LogP contribution in [0.2, 0.25) is 0 Å². The summed E-state index contributed by atoms with van der Waals surface area (Å²) in [7, 11) is 0. The Morgan fingerprint density at radius 3 is 2.72 bits per heavy atom. The van der Waals surface area contributed by atoms with Gasteiger partial charge in [0.25, 0.3) is 0 Å². The van der Waals surface area contributed by atoms with Crippen molar-refractivity contribution in [1.29, 1.82) is 0 Å². The summed E-state index contributed by atoms with van der Waals surface area (Å²) in [6.45, 7) is 3.61. The molecule has 2 aromatic rings. The Kier molecular flexibility index (Phi) is 3.19. The average Bonchev–Trinajstić information content (AvgIpc) is 2.38. The molecule has 2 rings (SSSR count). The molecule has 0 spiro atoms. The van der Waals surface area contributed by atoms with Gasteiger partial charge in [0.05, 0.1) is 5.52 Å². The Morgan fingerprint density at radius 1 is 1.39 bits per heavy atom. The molecule has 18 heavy (non-hydrogen) atoms. The van der Waals surface area contributed by atoms with Crippen LogP contribution in [0.1, 0.15) is 25.5 Å². The summed E-state index contributed by atoms with van der Waals surface area (Å²) < 4.78 is 1.61. The first-order valence-corrected chi connectivity index (χ1v) is 5.91. The lowest BCUT2D eigenvalue weighted by molar-refractivity contribution is -0.140. The van der Waals surface area contributed by atoms with Crippen molar-refractivity contribution < 1.29 is 9.90 Å². The number of hydrogen-bond acceptors (Lipinski definition) is 2. The lowest BCUT2D eigenvalue weighted by Crippen LogP contribution is -2.18. The largest absolute Gasteiger partial charge is 0.480 e. The monoisotopic (exact) mass is 245 g/mol. The molecule has 0 bridgehead atoms. The highest BCUT2D eigenvalue weighted by Crippen LogP contribution is 2.17. The molecule has 0 amide bonds. The molecule has 0 radical (unpaired) electrons. The zero-order chi connectivity index (χ0) is 13.3. The summed E-state index contributed by atoms with van der Waals surface area (Å²) in [6.07, 6.45) is 2.38. The van der Waals surface area contributed by atoms with Crippen molar-refractivity contribution in [3.8, 4) is 0 Å². The normalized spacial score (nSPS) is 12.6. The number of fused-ring (bicyclic) bond motifs is 1. The second-order valence-electron chi connectivity index (χ2n) is 4.31. The van der Waals surface area contributed by atoms with Gasteiger partial charge in [-0.25, -0.2) is 4.79 Å². The number of carboxylic acids is 1. The molecule has 0 aliphatic carbocycles. The van der Waals surface area contributed by atoms with Gasteiger partial charge >= 0.3 is 5.97 Å². The van der Waals surface area contributed by atoms with E-state index >= 15 is 0 Å². The van der Waals surface area contributed by atoms with Crippen LogP contribution in [0.25, 0.3) is 10.9 Å². The molecule has 4 heteroatoms. The third-order valence-corrected chi connectivity index (χ3v) is 3.17. The van der Waals surface area contributed by atoms with Gasteiger partial charge in [-0.1, -0.05) is 13.0 Å². The van der Waals surface area contributed by atoms with Gasteiger partial charge in [0, 0.05) is 17.6 Å². The Morgan fingerprint density at radius 2 is 2.11 bits per heavy atom. The van der Waals surface area contributed by atoms with E-state index in [9.17, 15) is 9.59 Å². The maximum atomic E-state index is 11.8. The molecule has 1 N–H and O–H groups in total. The maximum Gasteiger partial charge on any atom is 0.326 e. The Balaban J connectivity index is 2.75. The number of rotatable bonds is 3. The van der Waals surface area contributed by atoms with Crippen LogP contribution in [0.3, 0.4) is 0 Å². The average molecular weight is 245 g/mol. The molecule has 4 nitrogen and oxygen atoms in total. The highest BCUT2D eigenvalue weighted by atomic mass is 16.4. The summed E-state index contributed by atoms with van der Waals surface area (Å²) in [5.41, 5.74) is 1.66. The van der Waals surface area contributed by atoms with E-state index in [1.54, 1.807) is 11.5 Å². The molecule has 0 saturated heterocycles. The van der Waals surface area contributed by atoms with E-state index in [0.717, 1.165) is 12.0 Å². The Bertz CT molecular complexity index is 658. The highest BCUT2D eigenvalue weighted by Gasteiger charge is 2.15. The lowest BCUT2D eigenvalue weighted by atomic mass is 10.1. The number of carboxylic acid groups (broad SMARTS) is 1. The number of pyridine rings is 1. The minimum absolute atomic E-state index is 0.0749. The SMILES string of the molecule is CCc1ccc2c(c1)c(=O)ccn2[C@H](C)C(=O)O. The van der Waals surface area contributed by atoms with Gasteiger partial charge in [-0.3, -0.25) is 4.79 Å². The molecule has 1 heterocycles. The van der Waals surface area contributed by atoms with Gasteiger partial charge in [-0.15, -0.1) is 0 Å². The summed E-state index contributed by atoms with van der Waals surface area (Å²) in [5.74, 6) is -0.917. The van der Waals surface area contributed by atoms with E-state index in [0.29, 0.717) is 10.9 Å². The quantitative estimate of drug-likeness (QED) is 0.901. The van der Waals surface area contributed by atoms with Crippen LogP contribution in [0.15, 0.2) is 35.3 Å². The number of aryl methyl sites for hydroxylation is 1. The van der Waals surface area contributed by atoms with Crippen LogP contribution >= 0.6 is 0 Å². The van der Waals surface area contributed by atoms with Crippen molar-refractivity contribution in [1.82, 2.24) is 4.57 Å². The molecule has 0 unspecified atom stereocenters. The number of aliphatic carboxylic acids is 1. The smallest absolute Gasteiger partial charge is 0.326 e. The fourth-order valence-corrected chi connectivity index (χ4v) is 2.00. The molecular weight excluding hydrogens is 230 g/mol. The van der Waals surface area contributed by atoms with Gasteiger partial charge in [0.2, 0.25) is 0 Å². The molecule has 0 aliphatic rings. The molecule has 94 valence electrons. The van der Waals surface area contributed by atoms with E-state index in [1.165, 1.54) is 12.3 Å². The van der Waals surface area contributed by atoms with Crippen LogP contribution in [0, 0.1) is 0 Å². The Labute approximate surface area is 104 Å². The number of benzene rings is 1. The van der Waals surface area contributed by atoms with Crippen LogP contribution in [0.4, 0.5) is 0 Å². The van der Waals surface area contributed by atoms with Crippen molar-refractivity contribution in [2.45, 2.75) is 26.3 Å². The lowest BCUT2D eigenvalue weighted by Gasteiger charge is -2.15. The first kappa shape index (κ1) is 12.4. The van der Waals surface area contributed by atoms with Gasteiger partial charge in [-0.2, -0.15) is 0 Å². The number of nitrogens with zero attached hydrogens (tertiary/aromatic N) is 1. The fraction of sp³-hybridized carbons (Fsp3) is 0.286.